The lowest BCUT2D eigenvalue weighted by Gasteiger charge is -2.05. The van der Waals surface area contributed by atoms with Crippen LogP contribution in [0.25, 0.3) is 0 Å². The molecule has 88 valence electrons. The van der Waals surface area contributed by atoms with E-state index in [1.54, 1.807) is 18.9 Å². The maximum atomic E-state index is 11.6. The number of ketones is 1. The molecule has 4 heteroatoms. The average Bonchev–Trinajstić information content (AvgIpc) is 2.26. The van der Waals surface area contributed by atoms with E-state index in [0.717, 1.165) is 21.5 Å². The molecule has 0 aromatic heterocycles. The van der Waals surface area contributed by atoms with Crippen LogP contribution >= 0.6 is 27.7 Å². The minimum Gasteiger partial charge on any atom is -0.496 e. The molecule has 0 unspecified atom stereocenters. The number of rotatable bonds is 6. The number of thioether (sulfide) groups is 1. The zero-order chi connectivity index (χ0) is 12.0. The third-order valence-electron chi connectivity index (χ3n) is 2.08. The minimum absolute atomic E-state index is 0.268. The van der Waals surface area contributed by atoms with Crippen molar-refractivity contribution in [2.75, 3.05) is 18.6 Å². The van der Waals surface area contributed by atoms with Crippen LogP contribution in [0, 0.1) is 0 Å². The Balaban J connectivity index is 2.61. The molecule has 0 N–H and O–H groups in total. The van der Waals surface area contributed by atoms with Gasteiger partial charge < -0.3 is 4.74 Å². The van der Waals surface area contributed by atoms with Gasteiger partial charge in [-0.3, -0.25) is 4.79 Å². The highest BCUT2D eigenvalue weighted by Crippen LogP contribution is 2.25. The van der Waals surface area contributed by atoms with Crippen molar-refractivity contribution in [1.82, 2.24) is 0 Å². The number of ether oxygens (including phenoxy) is 1. The largest absolute Gasteiger partial charge is 0.496 e. The first kappa shape index (κ1) is 13.6. The fourth-order valence-corrected chi connectivity index (χ4v) is 2.44. The molecular weight excluding hydrogens is 288 g/mol. The summed E-state index contributed by atoms with van der Waals surface area (Å²) < 4.78 is 6.03. The van der Waals surface area contributed by atoms with Gasteiger partial charge >= 0.3 is 0 Å². The normalized spacial score (nSPS) is 10.2. The van der Waals surface area contributed by atoms with Crippen molar-refractivity contribution in [1.29, 1.82) is 0 Å². The van der Waals surface area contributed by atoms with Gasteiger partial charge in [-0.2, -0.15) is 11.8 Å². The fourth-order valence-electron chi connectivity index (χ4n) is 1.31. The second kappa shape index (κ2) is 6.97. The third-order valence-corrected chi connectivity index (χ3v) is 3.64. The van der Waals surface area contributed by atoms with Gasteiger partial charge in [-0.15, -0.1) is 0 Å². The lowest BCUT2D eigenvalue weighted by Crippen LogP contribution is -2.06. The molecule has 0 aliphatic heterocycles. The van der Waals surface area contributed by atoms with Crippen molar-refractivity contribution in [2.45, 2.75) is 13.3 Å². The molecule has 0 amide bonds. The van der Waals surface area contributed by atoms with Gasteiger partial charge in [0.15, 0.2) is 0 Å². The maximum absolute atomic E-state index is 11.6. The molecule has 0 heterocycles. The lowest BCUT2D eigenvalue weighted by atomic mass is 10.1. The second-order valence-corrected chi connectivity index (χ2v) is 5.45. The number of Topliss-reactive ketones (excluding diaryl/α,β-unsaturated/α-hetero) is 1. The average molecular weight is 303 g/mol. The van der Waals surface area contributed by atoms with Gasteiger partial charge in [0.05, 0.1) is 17.3 Å². The molecule has 0 aliphatic rings. The number of halogens is 1. The number of methoxy groups -OCH3 is 1. The Morgan fingerprint density at radius 2 is 2.25 bits per heavy atom. The van der Waals surface area contributed by atoms with E-state index in [1.165, 1.54) is 0 Å². The van der Waals surface area contributed by atoms with Crippen LogP contribution in [0.5, 0.6) is 5.75 Å². The quantitative estimate of drug-likeness (QED) is 0.806. The Bertz CT molecular complexity index is 366. The summed E-state index contributed by atoms with van der Waals surface area (Å²) in [7, 11) is 1.63. The van der Waals surface area contributed by atoms with Crippen LogP contribution in [0.3, 0.4) is 0 Å². The van der Waals surface area contributed by atoms with Crippen LogP contribution in [-0.2, 0) is 11.2 Å². The zero-order valence-corrected chi connectivity index (χ0v) is 11.9. The standard InChI is InChI=1S/C12H15BrO2S/c1-3-16-8-10(14)6-9-4-5-12(15-2)11(13)7-9/h4-5,7H,3,6,8H2,1-2H3. The Hall–Kier alpha value is -0.480. The first-order chi connectivity index (χ1) is 7.67. The molecule has 16 heavy (non-hydrogen) atoms. The van der Waals surface area contributed by atoms with E-state index in [0.29, 0.717) is 12.2 Å². The van der Waals surface area contributed by atoms with Gasteiger partial charge in [0.25, 0.3) is 0 Å². The second-order valence-electron chi connectivity index (χ2n) is 3.32. The van der Waals surface area contributed by atoms with Gasteiger partial charge in [0.2, 0.25) is 0 Å². The maximum Gasteiger partial charge on any atom is 0.147 e. The van der Waals surface area contributed by atoms with Crippen molar-refractivity contribution >= 4 is 33.5 Å². The summed E-state index contributed by atoms with van der Waals surface area (Å²) in [5.74, 6) is 2.64. The van der Waals surface area contributed by atoms with Crippen molar-refractivity contribution in [2.24, 2.45) is 0 Å². The van der Waals surface area contributed by atoms with Crippen LogP contribution in [0.1, 0.15) is 12.5 Å². The van der Waals surface area contributed by atoms with Gasteiger partial charge in [0, 0.05) is 6.42 Å². The molecule has 0 bridgehead atoms. The number of benzene rings is 1. The Morgan fingerprint density at radius 3 is 2.81 bits per heavy atom. The van der Waals surface area contributed by atoms with Crippen LogP contribution in [0.15, 0.2) is 22.7 Å². The zero-order valence-electron chi connectivity index (χ0n) is 9.46. The summed E-state index contributed by atoms with van der Waals surface area (Å²) in [6.45, 7) is 2.06. The molecule has 0 spiro atoms. The van der Waals surface area contributed by atoms with E-state index < -0.39 is 0 Å². The molecule has 0 saturated heterocycles. The van der Waals surface area contributed by atoms with Crippen LogP contribution in [0.4, 0.5) is 0 Å². The number of hydrogen-bond acceptors (Lipinski definition) is 3. The Labute approximate surface area is 109 Å². The molecule has 0 atom stereocenters. The first-order valence-corrected chi connectivity index (χ1v) is 7.04. The highest BCUT2D eigenvalue weighted by Gasteiger charge is 2.06. The van der Waals surface area contributed by atoms with Crippen molar-refractivity contribution in [3.8, 4) is 5.75 Å². The fraction of sp³-hybridized carbons (Fsp3) is 0.417. The van der Waals surface area contributed by atoms with Crippen LogP contribution < -0.4 is 4.74 Å². The first-order valence-electron chi connectivity index (χ1n) is 5.09. The molecular formula is C12H15BrO2S. The van der Waals surface area contributed by atoms with Gasteiger partial charge in [0.1, 0.15) is 11.5 Å². The molecule has 0 saturated carbocycles. The van der Waals surface area contributed by atoms with E-state index in [9.17, 15) is 4.79 Å². The summed E-state index contributed by atoms with van der Waals surface area (Å²) in [6, 6.07) is 5.74. The molecule has 2 nitrogen and oxygen atoms in total. The van der Waals surface area contributed by atoms with Crippen LogP contribution in [0.2, 0.25) is 0 Å². The van der Waals surface area contributed by atoms with Crippen molar-refractivity contribution < 1.29 is 9.53 Å². The predicted molar refractivity (Wildman–Crippen MR) is 72.4 cm³/mol. The highest BCUT2D eigenvalue weighted by molar-refractivity contribution is 9.10. The summed E-state index contributed by atoms with van der Waals surface area (Å²) in [4.78, 5) is 11.6. The molecule has 1 aromatic rings. The lowest BCUT2D eigenvalue weighted by molar-refractivity contribution is -0.116. The monoisotopic (exact) mass is 302 g/mol. The van der Waals surface area contributed by atoms with Crippen molar-refractivity contribution in [3.63, 3.8) is 0 Å². The van der Waals surface area contributed by atoms with Crippen LogP contribution in [-0.4, -0.2) is 24.4 Å². The topological polar surface area (TPSA) is 26.3 Å². The molecule has 1 rings (SSSR count). The number of carbonyl (C=O) groups is 1. The smallest absolute Gasteiger partial charge is 0.147 e. The van der Waals surface area contributed by atoms with E-state index in [4.69, 9.17) is 4.74 Å². The molecule has 0 aliphatic carbocycles. The summed E-state index contributed by atoms with van der Waals surface area (Å²) in [5.41, 5.74) is 1.02. The van der Waals surface area contributed by atoms with Gasteiger partial charge in [-0.25, -0.2) is 0 Å². The SMILES string of the molecule is CCSCC(=O)Cc1ccc(OC)c(Br)c1. The van der Waals surface area contributed by atoms with E-state index >= 15 is 0 Å². The summed E-state index contributed by atoms with van der Waals surface area (Å²) >= 11 is 5.07. The van der Waals surface area contributed by atoms with E-state index in [2.05, 4.69) is 22.9 Å². The molecule has 0 fully saturated rings. The number of hydrogen-bond donors (Lipinski definition) is 0. The summed E-state index contributed by atoms with van der Waals surface area (Å²) in [6.07, 6.45) is 0.496. The minimum atomic E-state index is 0.268. The van der Waals surface area contributed by atoms with Crippen molar-refractivity contribution in [3.05, 3.63) is 28.2 Å². The van der Waals surface area contributed by atoms with Gasteiger partial charge in [-0.05, 0) is 39.4 Å². The Kier molecular flexibility index (Phi) is 5.91. The summed E-state index contributed by atoms with van der Waals surface area (Å²) in [5, 5.41) is 0. The van der Waals surface area contributed by atoms with E-state index in [1.807, 2.05) is 18.2 Å². The Morgan fingerprint density at radius 1 is 1.50 bits per heavy atom. The van der Waals surface area contributed by atoms with E-state index in [-0.39, 0.29) is 5.78 Å². The third kappa shape index (κ3) is 4.18. The molecule has 0 radical (unpaired) electrons. The molecule has 1 aromatic carbocycles. The van der Waals surface area contributed by atoms with Gasteiger partial charge in [-0.1, -0.05) is 13.0 Å². The number of carbonyl (C=O) groups excluding carboxylic acids is 1. The highest BCUT2D eigenvalue weighted by atomic mass is 79.9. The predicted octanol–water partition coefficient (Wildman–Crippen LogP) is 3.32.